The zero-order valence-corrected chi connectivity index (χ0v) is 11.0. The van der Waals surface area contributed by atoms with E-state index >= 15 is 0 Å². The largest absolute Gasteiger partial charge is 0.416 e. The summed E-state index contributed by atoms with van der Waals surface area (Å²) in [7, 11) is 0. The molecule has 0 aliphatic rings. The monoisotopic (exact) mass is 283 g/mol. The zero-order valence-electron chi connectivity index (χ0n) is 11.0. The molecule has 6 heteroatoms. The van der Waals surface area contributed by atoms with Crippen molar-refractivity contribution in [1.29, 1.82) is 0 Å². The third kappa shape index (κ3) is 3.60. The van der Waals surface area contributed by atoms with Gasteiger partial charge in [0.1, 0.15) is 5.82 Å². The number of nitrogens with zero attached hydrogens (tertiary/aromatic N) is 1. The first-order valence-electron chi connectivity index (χ1n) is 6.36. The third-order valence-electron chi connectivity index (χ3n) is 3.10. The van der Waals surface area contributed by atoms with Crippen molar-refractivity contribution in [3.8, 4) is 0 Å². The number of hydrogen-bond acceptors (Lipinski definition) is 2. The van der Waals surface area contributed by atoms with E-state index < -0.39 is 11.7 Å². The van der Waals surface area contributed by atoms with Crippen molar-refractivity contribution in [2.75, 3.05) is 6.54 Å². The molecule has 0 saturated heterocycles. The minimum Gasteiger partial charge on any atom is -0.349 e. The Morgan fingerprint density at radius 1 is 1.30 bits per heavy atom. The molecule has 0 saturated carbocycles. The van der Waals surface area contributed by atoms with Crippen molar-refractivity contribution in [3.63, 3.8) is 0 Å². The molecule has 0 spiro atoms. The summed E-state index contributed by atoms with van der Waals surface area (Å²) in [5.41, 5.74) is -0.322. The van der Waals surface area contributed by atoms with Crippen LogP contribution in [0.25, 0.3) is 0 Å². The molecule has 1 heterocycles. The Labute approximate surface area is 115 Å². The molecule has 20 heavy (non-hydrogen) atoms. The average molecular weight is 283 g/mol. The van der Waals surface area contributed by atoms with Crippen LogP contribution in [0.1, 0.15) is 29.9 Å². The van der Waals surface area contributed by atoms with Crippen LogP contribution in [0.4, 0.5) is 13.2 Å². The third-order valence-corrected chi connectivity index (χ3v) is 3.10. The SMILES string of the molecule is CC(NCCc1ncc[nH]1)c1ccccc1C(F)(F)F. The molecule has 1 atom stereocenters. The smallest absolute Gasteiger partial charge is 0.349 e. The van der Waals surface area contributed by atoms with Crippen molar-refractivity contribution >= 4 is 0 Å². The summed E-state index contributed by atoms with van der Waals surface area (Å²) in [6, 6.07) is 5.27. The van der Waals surface area contributed by atoms with E-state index in [4.69, 9.17) is 0 Å². The normalized spacial score (nSPS) is 13.4. The van der Waals surface area contributed by atoms with Gasteiger partial charge in [-0.3, -0.25) is 0 Å². The molecule has 0 amide bonds. The Hall–Kier alpha value is -1.82. The van der Waals surface area contributed by atoms with Gasteiger partial charge in [0.05, 0.1) is 5.56 Å². The van der Waals surface area contributed by atoms with Crippen LogP contribution < -0.4 is 5.32 Å². The topological polar surface area (TPSA) is 40.7 Å². The van der Waals surface area contributed by atoms with Crippen LogP contribution in [-0.4, -0.2) is 16.5 Å². The minimum atomic E-state index is -4.33. The van der Waals surface area contributed by atoms with Gasteiger partial charge in [0, 0.05) is 31.4 Å². The van der Waals surface area contributed by atoms with Gasteiger partial charge in [-0.1, -0.05) is 18.2 Å². The number of H-pyrrole nitrogens is 1. The van der Waals surface area contributed by atoms with E-state index in [1.807, 2.05) is 0 Å². The van der Waals surface area contributed by atoms with Crippen LogP contribution in [0.15, 0.2) is 36.7 Å². The summed E-state index contributed by atoms with van der Waals surface area (Å²) in [5, 5.41) is 3.09. The molecule has 2 aromatic rings. The lowest BCUT2D eigenvalue weighted by Gasteiger charge is -2.19. The number of alkyl halides is 3. The average Bonchev–Trinajstić information content (AvgIpc) is 2.91. The van der Waals surface area contributed by atoms with E-state index in [9.17, 15) is 13.2 Å². The molecule has 0 aliphatic carbocycles. The van der Waals surface area contributed by atoms with Gasteiger partial charge in [0.15, 0.2) is 0 Å². The number of benzene rings is 1. The maximum absolute atomic E-state index is 12.9. The summed E-state index contributed by atoms with van der Waals surface area (Å²) in [6.07, 6.45) is -0.311. The molecular formula is C14H16F3N3. The van der Waals surface area contributed by atoms with E-state index in [0.29, 0.717) is 13.0 Å². The first-order valence-corrected chi connectivity index (χ1v) is 6.36. The molecule has 1 unspecified atom stereocenters. The van der Waals surface area contributed by atoms with Crippen LogP contribution >= 0.6 is 0 Å². The molecular weight excluding hydrogens is 267 g/mol. The van der Waals surface area contributed by atoms with Gasteiger partial charge in [-0.15, -0.1) is 0 Å². The van der Waals surface area contributed by atoms with Crippen molar-refractivity contribution in [3.05, 3.63) is 53.6 Å². The molecule has 2 rings (SSSR count). The number of nitrogens with one attached hydrogen (secondary N) is 2. The van der Waals surface area contributed by atoms with E-state index in [1.165, 1.54) is 12.1 Å². The van der Waals surface area contributed by atoms with Gasteiger partial charge >= 0.3 is 6.18 Å². The molecule has 0 bridgehead atoms. The van der Waals surface area contributed by atoms with Gasteiger partial charge < -0.3 is 10.3 Å². The number of halogens is 3. The number of aromatic nitrogens is 2. The number of hydrogen-bond donors (Lipinski definition) is 2. The zero-order chi connectivity index (χ0) is 14.6. The second-order valence-corrected chi connectivity index (χ2v) is 4.55. The Balaban J connectivity index is 2.00. The first kappa shape index (κ1) is 14.6. The van der Waals surface area contributed by atoms with E-state index in [-0.39, 0.29) is 11.6 Å². The second-order valence-electron chi connectivity index (χ2n) is 4.55. The maximum atomic E-state index is 12.9. The summed E-state index contributed by atoms with van der Waals surface area (Å²) in [4.78, 5) is 7.02. The van der Waals surface area contributed by atoms with Crippen molar-refractivity contribution in [1.82, 2.24) is 15.3 Å². The molecule has 3 nitrogen and oxygen atoms in total. The van der Waals surface area contributed by atoms with Crippen molar-refractivity contribution in [2.24, 2.45) is 0 Å². The summed E-state index contributed by atoms with van der Waals surface area (Å²) in [5.74, 6) is 0.814. The molecule has 108 valence electrons. The van der Waals surface area contributed by atoms with Gasteiger partial charge in [0.25, 0.3) is 0 Å². The molecule has 1 aromatic carbocycles. The Morgan fingerprint density at radius 2 is 2.05 bits per heavy atom. The fraction of sp³-hybridized carbons (Fsp3) is 0.357. The highest BCUT2D eigenvalue weighted by Crippen LogP contribution is 2.34. The van der Waals surface area contributed by atoms with Gasteiger partial charge in [-0.25, -0.2) is 4.98 Å². The highest BCUT2D eigenvalue weighted by Gasteiger charge is 2.33. The highest BCUT2D eigenvalue weighted by atomic mass is 19.4. The molecule has 0 radical (unpaired) electrons. The summed E-state index contributed by atoms with van der Waals surface area (Å²) in [6.45, 7) is 2.29. The lowest BCUT2D eigenvalue weighted by Crippen LogP contribution is -2.24. The predicted octanol–water partition coefficient (Wildman–Crippen LogP) is 3.32. The van der Waals surface area contributed by atoms with Crippen LogP contribution in [0.2, 0.25) is 0 Å². The van der Waals surface area contributed by atoms with E-state index in [0.717, 1.165) is 11.9 Å². The van der Waals surface area contributed by atoms with Crippen LogP contribution in [0.3, 0.4) is 0 Å². The van der Waals surface area contributed by atoms with E-state index in [1.54, 1.807) is 25.4 Å². The van der Waals surface area contributed by atoms with Crippen LogP contribution in [0, 0.1) is 0 Å². The minimum absolute atomic E-state index is 0.263. The maximum Gasteiger partial charge on any atom is 0.416 e. The van der Waals surface area contributed by atoms with Gasteiger partial charge in [-0.05, 0) is 18.6 Å². The fourth-order valence-electron chi connectivity index (χ4n) is 2.08. The lowest BCUT2D eigenvalue weighted by atomic mass is 10.0. The highest BCUT2D eigenvalue weighted by molar-refractivity contribution is 5.32. The summed E-state index contributed by atoms with van der Waals surface area (Å²) < 4.78 is 38.7. The van der Waals surface area contributed by atoms with E-state index in [2.05, 4.69) is 15.3 Å². The predicted molar refractivity (Wildman–Crippen MR) is 70.2 cm³/mol. The summed E-state index contributed by atoms with van der Waals surface area (Å²) >= 11 is 0. The van der Waals surface area contributed by atoms with Crippen LogP contribution in [0.5, 0.6) is 0 Å². The van der Waals surface area contributed by atoms with Crippen molar-refractivity contribution < 1.29 is 13.2 Å². The number of aromatic amines is 1. The number of rotatable bonds is 5. The first-order chi connectivity index (χ1) is 9.48. The molecule has 0 fully saturated rings. The van der Waals surface area contributed by atoms with Crippen LogP contribution in [-0.2, 0) is 12.6 Å². The quantitative estimate of drug-likeness (QED) is 0.883. The van der Waals surface area contributed by atoms with Gasteiger partial charge in [0.2, 0.25) is 0 Å². The van der Waals surface area contributed by atoms with Gasteiger partial charge in [-0.2, -0.15) is 13.2 Å². The Bertz CT molecular complexity index is 535. The molecule has 2 N–H and O–H groups in total. The standard InChI is InChI=1S/C14H16F3N3/c1-10(18-7-6-13-19-8-9-20-13)11-4-2-3-5-12(11)14(15,16)17/h2-5,8-10,18H,6-7H2,1H3,(H,19,20). The Morgan fingerprint density at radius 3 is 2.70 bits per heavy atom. The lowest BCUT2D eigenvalue weighted by molar-refractivity contribution is -0.138. The van der Waals surface area contributed by atoms with Crippen molar-refractivity contribution in [2.45, 2.75) is 25.6 Å². The Kier molecular flexibility index (Phi) is 4.44. The second kappa shape index (κ2) is 6.09. The fourth-order valence-corrected chi connectivity index (χ4v) is 2.08. The molecule has 0 aliphatic heterocycles. The number of imidazole rings is 1. The molecule has 1 aromatic heterocycles.